The van der Waals surface area contributed by atoms with Crippen LogP contribution in [0.1, 0.15) is 24.0 Å². The van der Waals surface area contributed by atoms with E-state index in [1.807, 2.05) is 7.05 Å². The third-order valence-electron chi connectivity index (χ3n) is 4.50. The molecule has 0 unspecified atom stereocenters. The fourth-order valence-corrected chi connectivity index (χ4v) is 4.03. The van der Waals surface area contributed by atoms with E-state index in [2.05, 4.69) is 33.4 Å². The number of hydrogen-bond acceptors (Lipinski definition) is 3. The molecule has 0 amide bonds. The number of nitrogens with one attached hydrogen (secondary N) is 1. The van der Waals surface area contributed by atoms with Crippen molar-refractivity contribution in [3.05, 3.63) is 27.7 Å². The minimum absolute atomic E-state index is 0.299. The third kappa shape index (κ3) is 2.87. The summed E-state index contributed by atoms with van der Waals surface area (Å²) in [5.74, 6) is 1.13. The lowest BCUT2D eigenvalue weighted by Crippen LogP contribution is -2.39. The van der Waals surface area contributed by atoms with Gasteiger partial charge in [0, 0.05) is 30.7 Å². The minimum Gasteiger partial charge on any atom is -0.493 e. The second kappa shape index (κ2) is 6.04. The number of halogens is 1. The van der Waals surface area contributed by atoms with E-state index in [0.29, 0.717) is 5.41 Å². The van der Waals surface area contributed by atoms with Gasteiger partial charge in [-0.25, -0.2) is 0 Å². The van der Waals surface area contributed by atoms with Gasteiger partial charge in [0.25, 0.3) is 0 Å². The van der Waals surface area contributed by atoms with Gasteiger partial charge in [0.2, 0.25) is 0 Å². The van der Waals surface area contributed by atoms with E-state index < -0.39 is 0 Å². The average Bonchev–Trinajstić information content (AvgIpc) is 2.88. The van der Waals surface area contributed by atoms with Crippen LogP contribution >= 0.6 is 15.9 Å². The smallest absolute Gasteiger partial charge is 0.125 e. The van der Waals surface area contributed by atoms with Crippen molar-refractivity contribution in [2.24, 2.45) is 5.41 Å². The summed E-state index contributed by atoms with van der Waals surface area (Å²) in [5, 5.41) is 3.37. The van der Waals surface area contributed by atoms with Crippen LogP contribution in [0.2, 0.25) is 0 Å². The van der Waals surface area contributed by atoms with Crippen LogP contribution in [0.3, 0.4) is 0 Å². The molecule has 1 N–H and O–H groups in total. The van der Waals surface area contributed by atoms with Crippen molar-refractivity contribution in [1.82, 2.24) is 5.32 Å². The van der Waals surface area contributed by atoms with Gasteiger partial charge < -0.3 is 14.8 Å². The summed E-state index contributed by atoms with van der Waals surface area (Å²) < 4.78 is 12.6. The highest BCUT2D eigenvalue weighted by Gasteiger charge is 2.34. The first-order valence-corrected chi connectivity index (χ1v) is 8.18. The Morgan fingerprint density at radius 3 is 2.80 bits per heavy atom. The number of hydrogen-bond donors (Lipinski definition) is 1. The van der Waals surface area contributed by atoms with Crippen LogP contribution in [0.15, 0.2) is 16.6 Å². The molecule has 0 radical (unpaired) electrons. The van der Waals surface area contributed by atoms with E-state index in [0.717, 1.165) is 57.8 Å². The molecule has 1 saturated heterocycles. The Balaban J connectivity index is 1.89. The first kappa shape index (κ1) is 14.4. The molecule has 0 atom stereocenters. The van der Waals surface area contributed by atoms with Crippen molar-refractivity contribution in [2.75, 3.05) is 33.4 Å². The second-order valence-corrected chi connectivity index (χ2v) is 6.89. The Hall–Kier alpha value is -0.580. The Morgan fingerprint density at radius 1 is 1.25 bits per heavy atom. The zero-order valence-corrected chi connectivity index (χ0v) is 13.6. The number of fused-ring (bicyclic) bond motifs is 1. The molecular formula is C16H22BrNO2. The maximum Gasteiger partial charge on any atom is 0.125 e. The molecule has 2 heterocycles. The number of ether oxygens (including phenoxy) is 2. The molecule has 0 saturated carbocycles. The van der Waals surface area contributed by atoms with Crippen molar-refractivity contribution < 1.29 is 9.47 Å². The number of benzene rings is 1. The lowest BCUT2D eigenvalue weighted by atomic mass is 9.75. The summed E-state index contributed by atoms with van der Waals surface area (Å²) in [6.45, 7) is 3.61. The van der Waals surface area contributed by atoms with Crippen molar-refractivity contribution in [3.8, 4) is 5.75 Å². The first-order valence-electron chi connectivity index (χ1n) is 7.39. The van der Waals surface area contributed by atoms with Crippen LogP contribution in [0.5, 0.6) is 5.75 Å². The molecule has 0 bridgehead atoms. The molecule has 2 aliphatic heterocycles. The Morgan fingerprint density at radius 2 is 2.05 bits per heavy atom. The summed E-state index contributed by atoms with van der Waals surface area (Å²) >= 11 is 3.64. The van der Waals surface area contributed by atoms with Gasteiger partial charge in [0.05, 0.1) is 6.61 Å². The SMILES string of the molecule is CNCC1(Cc2cc(Br)cc3c2OCC3)CCOCC1. The van der Waals surface area contributed by atoms with Crippen molar-refractivity contribution >= 4 is 15.9 Å². The Labute approximate surface area is 129 Å². The summed E-state index contributed by atoms with van der Waals surface area (Å²) in [4.78, 5) is 0. The largest absolute Gasteiger partial charge is 0.493 e. The lowest BCUT2D eigenvalue weighted by molar-refractivity contribution is 0.0156. The maximum atomic E-state index is 5.88. The van der Waals surface area contributed by atoms with Crippen LogP contribution in [-0.4, -0.2) is 33.4 Å². The quantitative estimate of drug-likeness (QED) is 0.914. The topological polar surface area (TPSA) is 30.5 Å². The third-order valence-corrected chi connectivity index (χ3v) is 4.95. The summed E-state index contributed by atoms with van der Waals surface area (Å²) in [6.07, 6.45) is 4.34. The van der Waals surface area contributed by atoms with E-state index >= 15 is 0 Å². The molecule has 20 heavy (non-hydrogen) atoms. The highest BCUT2D eigenvalue weighted by atomic mass is 79.9. The van der Waals surface area contributed by atoms with Crippen LogP contribution in [0, 0.1) is 5.41 Å². The predicted octanol–water partition coefficient (Wildman–Crippen LogP) is 2.94. The first-order chi connectivity index (χ1) is 9.72. The maximum absolute atomic E-state index is 5.88. The van der Waals surface area contributed by atoms with Crippen LogP contribution in [-0.2, 0) is 17.6 Å². The number of rotatable bonds is 4. The van der Waals surface area contributed by atoms with Gasteiger partial charge in [-0.1, -0.05) is 15.9 Å². The molecule has 4 heteroatoms. The highest BCUT2D eigenvalue weighted by Crippen LogP contribution is 2.40. The highest BCUT2D eigenvalue weighted by molar-refractivity contribution is 9.10. The normalized spacial score (nSPS) is 20.5. The second-order valence-electron chi connectivity index (χ2n) is 5.97. The standard InChI is InChI=1S/C16H22BrNO2/c1-18-11-16(3-6-19-7-4-16)10-13-9-14(17)8-12-2-5-20-15(12)13/h8-9,18H,2-7,10-11H2,1H3. The van der Waals surface area contributed by atoms with Gasteiger partial charge in [-0.05, 0) is 55.0 Å². The predicted molar refractivity (Wildman–Crippen MR) is 83.5 cm³/mol. The fraction of sp³-hybridized carbons (Fsp3) is 0.625. The molecule has 0 spiro atoms. The van der Waals surface area contributed by atoms with Gasteiger partial charge in [0.1, 0.15) is 5.75 Å². The summed E-state index contributed by atoms with van der Waals surface area (Å²) in [6, 6.07) is 4.43. The molecule has 1 fully saturated rings. The summed E-state index contributed by atoms with van der Waals surface area (Å²) in [5.41, 5.74) is 3.00. The van der Waals surface area contributed by atoms with E-state index in [-0.39, 0.29) is 0 Å². The van der Waals surface area contributed by atoms with Gasteiger partial charge >= 0.3 is 0 Å². The van der Waals surface area contributed by atoms with Crippen molar-refractivity contribution in [1.29, 1.82) is 0 Å². The average molecular weight is 340 g/mol. The van der Waals surface area contributed by atoms with E-state index in [1.165, 1.54) is 15.6 Å². The lowest BCUT2D eigenvalue weighted by Gasteiger charge is -2.37. The van der Waals surface area contributed by atoms with Gasteiger partial charge in [-0.3, -0.25) is 0 Å². The molecule has 1 aromatic carbocycles. The van der Waals surface area contributed by atoms with E-state index in [1.54, 1.807) is 0 Å². The molecule has 2 aliphatic rings. The summed E-state index contributed by atoms with van der Waals surface area (Å²) in [7, 11) is 2.04. The Kier molecular flexibility index (Phi) is 4.34. The molecule has 0 aliphatic carbocycles. The minimum atomic E-state index is 0.299. The molecule has 3 rings (SSSR count). The molecule has 110 valence electrons. The molecule has 3 nitrogen and oxygen atoms in total. The van der Waals surface area contributed by atoms with Crippen molar-refractivity contribution in [3.63, 3.8) is 0 Å². The van der Waals surface area contributed by atoms with Gasteiger partial charge in [0.15, 0.2) is 0 Å². The fourth-order valence-electron chi connectivity index (χ4n) is 3.48. The van der Waals surface area contributed by atoms with Gasteiger partial charge in [-0.15, -0.1) is 0 Å². The zero-order valence-electron chi connectivity index (χ0n) is 12.0. The molecule has 0 aromatic heterocycles. The van der Waals surface area contributed by atoms with E-state index in [4.69, 9.17) is 9.47 Å². The Bertz CT molecular complexity index is 478. The van der Waals surface area contributed by atoms with Gasteiger partial charge in [-0.2, -0.15) is 0 Å². The monoisotopic (exact) mass is 339 g/mol. The molecule has 1 aromatic rings. The van der Waals surface area contributed by atoms with E-state index in [9.17, 15) is 0 Å². The van der Waals surface area contributed by atoms with Crippen LogP contribution in [0.25, 0.3) is 0 Å². The molecular weight excluding hydrogens is 318 g/mol. The van der Waals surface area contributed by atoms with Crippen LogP contribution < -0.4 is 10.1 Å². The zero-order chi connectivity index (χ0) is 14.0. The van der Waals surface area contributed by atoms with Crippen LogP contribution in [0.4, 0.5) is 0 Å². The van der Waals surface area contributed by atoms with Crippen molar-refractivity contribution in [2.45, 2.75) is 25.7 Å².